The molecular formula is C24H39O5Si. The van der Waals surface area contributed by atoms with E-state index >= 15 is 0 Å². The number of esters is 1. The second-order valence-electron chi connectivity index (χ2n) is 9.70. The number of aliphatic hydroxyl groups is 1. The zero-order chi connectivity index (χ0) is 23.1. The third kappa shape index (κ3) is 7.97. The molecule has 0 aliphatic carbocycles. The van der Waals surface area contributed by atoms with E-state index in [9.17, 15) is 14.7 Å². The minimum absolute atomic E-state index is 0.0364. The van der Waals surface area contributed by atoms with Gasteiger partial charge in [-0.15, -0.1) is 0 Å². The molecule has 0 aliphatic heterocycles. The Morgan fingerprint density at radius 2 is 1.73 bits per heavy atom. The molecule has 0 fully saturated rings. The van der Waals surface area contributed by atoms with Crippen LogP contribution in [0.1, 0.15) is 71.1 Å². The molecule has 6 heteroatoms. The van der Waals surface area contributed by atoms with Gasteiger partial charge in [-0.1, -0.05) is 58.9 Å². The van der Waals surface area contributed by atoms with E-state index in [2.05, 4.69) is 50.7 Å². The van der Waals surface area contributed by atoms with E-state index in [1.807, 2.05) is 26.0 Å². The maximum atomic E-state index is 12.3. The minimum atomic E-state index is -1.18. The van der Waals surface area contributed by atoms with Gasteiger partial charge in [-0.05, 0) is 48.4 Å². The number of benzene rings is 1. The first-order valence-corrected chi connectivity index (χ1v) is 13.1. The molecule has 1 rings (SSSR count). The molecule has 2 atom stereocenters. The number of hydrogen-bond donors (Lipinski definition) is 1. The Morgan fingerprint density at radius 3 is 2.23 bits per heavy atom. The van der Waals surface area contributed by atoms with Crippen LogP contribution in [0.5, 0.6) is 0 Å². The van der Waals surface area contributed by atoms with Crippen LogP contribution in [0.25, 0.3) is 0 Å². The van der Waals surface area contributed by atoms with Crippen molar-refractivity contribution in [2.75, 3.05) is 7.11 Å². The van der Waals surface area contributed by atoms with E-state index in [4.69, 9.17) is 4.43 Å². The first kappa shape index (κ1) is 26.5. The second kappa shape index (κ2) is 11.2. The van der Waals surface area contributed by atoms with Crippen LogP contribution in [0.3, 0.4) is 0 Å². The number of Topliss-reactive ketones (excluding diaryl/α,β-unsaturated/α-hetero) is 1. The molecule has 1 N–H and O–H groups in total. The molecule has 0 aromatic heterocycles. The van der Waals surface area contributed by atoms with Crippen molar-refractivity contribution in [3.8, 4) is 0 Å². The highest BCUT2D eigenvalue weighted by Gasteiger charge is 2.35. The summed E-state index contributed by atoms with van der Waals surface area (Å²) in [4.78, 5) is 23.7. The average molecular weight is 436 g/mol. The number of ketones is 1. The van der Waals surface area contributed by atoms with Crippen molar-refractivity contribution in [1.29, 1.82) is 0 Å². The van der Waals surface area contributed by atoms with Gasteiger partial charge < -0.3 is 14.3 Å². The Bertz CT molecular complexity index is 708. The first-order chi connectivity index (χ1) is 13.8. The van der Waals surface area contributed by atoms with E-state index in [1.165, 1.54) is 7.11 Å². The van der Waals surface area contributed by atoms with Crippen LogP contribution >= 0.6 is 0 Å². The zero-order valence-electron chi connectivity index (χ0n) is 19.9. The third-order valence-electron chi connectivity index (χ3n) is 5.45. The summed E-state index contributed by atoms with van der Waals surface area (Å²) in [6.45, 7) is 14.6. The van der Waals surface area contributed by atoms with Gasteiger partial charge in [-0.25, -0.2) is 0 Å². The SMILES string of the molecule is COC(=O)CC(=O)CC(O)(CCc1ccccc1C(O[Si](C)C)C(C)(C)C)C(C)C. The number of rotatable bonds is 11. The third-order valence-corrected chi connectivity index (χ3v) is 6.16. The van der Waals surface area contributed by atoms with E-state index in [-0.39, 0.29) is 36.1 Å². The Labute approximate surface area is 183 Å². The fraction of sp³-hybridized carbons (Fsp3) is 0.667. The highest BCUT2D eigenvalue weighted by molar-refractivity contribution is 6.48. The predicted octanol–water partition coefficient (Wildman–Crippen LogP) is 4.88. The topological polar surface area (TPSA) is 72.8 Å². The lowest BCUT2D eigenvalue weighted by Crippen LogP contribution is -2.38. The van der Waals surface area contributed by atoms with Crippen LogP contribution in [0.2, 0.25) is 13.1 Å². The van der Waals surface area contributed by atoms with Gasteiger partial charge in [-0.3, -0.25) is 9.59 Å². The van der Waals surface area contributed by atoms with Crippen LogP contribution in [0.4, 0.5) is 0 Å². The van der Waals surface area contributed by atoms with Crippen molar-refractivity contribution < 1.29 is 23.9 Å². The molecule has 0 amide bonds. The smallest absolute Gasteiger partial charge is 0.313 e. The molecule has 2 unspecified atom stereocenters. The highest BCUT2D eigenvalue weighted by atomic mass is 28.3. The van der Waals surface area contributed by atoms with Crippen molar-refractivity contribution >= 4 is 20.8 Å². The zero-order valence-corrected chi connectivity index (χ0v) is 20.9. The molecule has 1 aromatic rings. The van der Waals surface area contributed by atoms with Crippen molar-refractivity contribution in [2.24, 2.45) is 11.3 Å². The van der Waals surface area contributed by atoms with Crippen molar-refractivity contribution in [2.45, 2.75) is 85.1 Å². The minimum Gasteiger partial charge on any atom is -0.469 e. The number of methoxy groups -OCH3 is 1. The Kier molecular flexibility index (Phi) is 9.91. The van der Waals surface area contributed by atoms with Crippen molar-refractivity contribution in [3.05, 3.63) is 35.4 Å². The maximum absolute atomic E-state index is 12.3. The van der Waals surface area contributed by atoms with Crippen molar-refractivity contribution in [1.82, 2.24) is 0 Å². The number of hydrogen-bond acceptors (Lipinski definition) is 5. The Hall–Kier alpha value is -1.50. The van der Waals surface area contributed by atoms with Crippen LogP contribution < -0.4 is 0 Å². The molecule has 169 valence electrons. The number of ether oxygens (including phenoxy) is 1. The van der Waals surface area contributed by atoms with Gasteiger partial charge >= 0.3 is 5.97 Å². The molecular weight excluding hydrogens is 396 g/mol. The van der Waals surface area contributed by atoms with Crippen LogP contribution in [-0.4, -0.2) is 38.6 Å². The Morgan fingerprint density at radius 1 is 1.13 bits per heavy atom. The van der Waals surface area contributed by atoms with Gasteiger partial charge in [-0.2, -0.15) is 0 Å². The van der Waals surface area contributed by atoms with Gasteiger partial charge in [0.25, 0.3) is 0 Å². The summed E-state index contributed by atoms with van der Waals surface area (Å²) in [6, 6.07) is 8.20. The molecule has 0 saturated heterocycles. The van der Waals surface area contributed by atoms with E-state index in [0.29, 0.717) is 12.8 Å². The largest absolute Gasteiger partial charge is 0.469 e. The number of carbonyl (C=O) groups is 2. The van der Waals surface area contributed by atoms with E-state index in [1.54, 1.807) is 0 Å². The number of aryl methyl sites for hydroxylation is 1. The monoisotopic (exact) mass is 435 g/mol. The summed E-state index contributed by atoms with van der Waals surface area (Å²) in [5, 5.41) is 11.2. The molecule has 0 bridgehead atoms. The lowest BCUT2D eigenvalue weighted by atomic mass is 9.78. The molecule has 30 heavy (non-hydrogen) atoms. The molecule has 5 nitrogen and oxygen atoms in total. The summed E-state index contributed by atoms with van der Waals surface area (Å²) in [5.74, 6) is -0.994. The van der Waals surface area contributed by atoms with Gasteiger partial charge in [0, 0.05) is 6.42 Å². The summed E-state index contributed by atoms with van der Waals surface area (Å²) >= 11 is 0. The van der Waals surface area contributed by atoms with Crippen LogP contribution in [0.15, 0.2) is 24.3 Å². The van der Waals surface area contributed by atoms with Crippen molar-refractivity contribution in [3.63, 3.8) is 0 Å². The Balaban J connectivity index is 3.08. The molecule has 0 aliphatic rings. The quantitative estimate of drug-likeness (QED) is 0.304. The molecule has 0 spiro atoms. The predicted molar refractivity (Wildman–Crippen MR) is 122 cm³/mol. The first-order valence-electron chi connectivity index (χ1n) is 10.7. The molecule has 0 saturated carbocycles. The maximum Gasteiger partial charge on any atom is 0.313 e. The highest BCUT2D eigenvalue weighted by Crippen LogP contribution is 2.39. The summed E-state index contributed by atoms with van der Waals surface area (Å²) < 4.78 is 11.0. The second-order valence-corrected chi connectivity index (χ2v) is 11.7. The van der Waals surface area contributed by atoms with E-state index < -0.39 is 20.6 Å². The number of carbonyl (C=O) groups excluding carboxylic acids is 2. The van der Waals surface area contributed by atoms with Crippen LogP contribution in [0, 0.1) is 11.3 Å². The van der Waals surface area contributed by atoms with Gasteiger partial charge in [0.15, 0.2) is 0 Å². The molecule has 1 radical (unpaired) electrons. The average Bonchev–Trinajstić information content (AvgIpc) is 2.63. The fourth-order valence-corrected chi connectivity index (χ4v) is 4.48. The lowest BCUT2D eigenvalue weighted by molar-refractivity contribution is -0.144. The molecule has 1 aromatic carbocycles. The van der Waals surface area contributed by atoms with E-state index in [0.717, 1.165) is 11.1 Å². The van der Waals surface area contributed by atoms with Crippen LogP contribution in [-0.2, 0) is 25.2 Å². The summed E-state index contributed by atoms with van der Waals surface area (Å²) in [5.41, 5.74) is 1.02. The fourth-order valence-electron chi connectivity index (χ4n) is 3.53. The van der Waals surface area contributed by atoms with Gasteiger partial charge in [0.2, 0.25) is 9.04 Å². The van der Waals surface area contributed by atoms with Gasteiger partial charge in [0.05, 0.1) is 18.8 Å². The lowest BCUT2D eigenvalue weighted by Gasteiger charge is -2.35. The van der Waals surface area contributed by atoms with Gasteiger partial charge in [0.1, 0.15) is 12.2 Å². The normalized spacial score (nSPS) is 15.2. The summed E-state index contributed by atoms with van der Waals surface area (Å²) in [6.07, 6.45) is 0.659. The molecule has 0 heterocycles. The summed E-state index contributed by atoms with van der Waals surface area (Å²) in [7, 11) is 0.355. The standard InChI is InChI=1S/C24H39O5Si/c1-17(2)24(27,16-19(25)15-21(26)28-6)14-13-18-11-9-10-12-20(18)22(23(3,4)5)29-30(7)8/h9-12,17,22,27H,13-16H2,1-8H3.